The summed E-state index contributed by atoms with van der Waals surface area (Å²) in [6, 6.07) is 13.0. The van der Waals surface area contributed by atoms with Gasteiger partial charge in [0.05, 0.1) is 6.61 Å². The summed E-state index contributed by atoms with van der Waals surface area (Å²) in [5.74, 6) is -0.172. The molecule has 0 radical (unpaired) electrons. The molecule has 1 unspecified atom stereocenters. The zero-order valence-corrected chi connectivity index (χ0v) is 16.6. The highest BCUT2D eigenvalue weighted by molar-refractivity contribution is 7.17. The third kappa shape index (κ3) is 4.56. The van der Waals surface area contributed by atoms with Gasteiger partial charge in [-0.15, -0.1) is 22.7 Å². The van der Waals surface area contributed by atoms with Crippen molar-refractivity contribution >= 4 is 39.6 Å². The van der Waals surface area contributed by atoms with Gasteiger partial charge in [-0.3, -0.25) is 4.79 Å². The van der Waals surface area contributed by atoms with Crippen LogP contribution in [0, 0.1) is 0 Å². The number of ether oxygens (including phenoxy) is 2. The van der Waals surface area contributed by atoms with Gasteiger partial charge >= 0.3 is 5.97 Å². The highest BCUT2D eigenvalue weighted by Gasteiger charge is 2.25. The Labute approximate surface area is 165 Å². The third-order valence-electron chi connectivity index (χ3n) is 3.72. The third-order valence-corrected chi connectivity index (χ3v) is 5.52. The van der Waals surface area contributed by atoms with Crippen LogP contribution in [0.15, 0.2) is 53.2 Å². The van der Waals surface area contributed by atoms with Gasteiger partial charge in [0.15, 0.2) is 6.10 Å². The summed E-state index contributed by atoms with van der Waals surface area (Å²) in [7, 11) is 0. The van der Waals surface area contributed by atoms with Gasteiger partial charge in [0, 0.05) is 15.8 Å². The van der Waals surface area contributed by atoms with E-state index >= 15 is 0 Å². The second-order valence-corrected chi connectivity index (χ2v) is 7.44. The maximum absolute atomic E-state index is 12.6. The van der Waals surface area contributed by atoms with E-state index in [1.54, 1.807) is 26.0 Å². The number of esters is 1. The van der Waals surface area contributed by atoms with Crippen molar-refractivity contribution in [2.45, 2.75) is 20.0 Å². The first-order chi connectivity index (χ1) is 13.1. The van der Waals surface area contributed by atoms with Crippen LogP contribution in [0.3, 0.4) is 0 Å². The Morgan fingerprint density at radius 1 is 1.11 bits per heavy atom. The molecule has 0 fully saturated rings. The summed E-state index contributed by atoms with van der Waals surface area (Å²) in [6.45, 7) is 3.68. The Bertz CT molecular complexity index is 903. The monoisotopic (exact) mass is 401 g/mol. The molecule has 0 aliphatic rings. The normalized spacial score (nSPS) is 11.6. The van der Waals surface area contributed by atoms with E-state index in [4.69, 9.17) is 9.47 Å². The fraction of sp³-hybridized carbons (Fsp3) is 0.200. The van der Waals surface area contributed by atoms with Crippen LogP contribution < -0.4 is 10.1 Å². The second kappa shape index (κ2) is 8.83. The first-order valence-corrected chi connectivity index (χ1v) is 10.2. The smallest absolute Gasteiger partial charge is 0.341 e. The highest BCUT2D eigenvalue weighted by atomic mass is 32.1. The fourth-order valence-electron chi connectivity index (χ4n) is 2.44. The molecule has 0 saturated carbocycles. The summed E-state index contributed by atoms with van der Waals surface area (Å²) >= 11 is 2.83. The second-order valence-electron chi connectivity index (χ2n) is 5.61. The highest BCUT2D eigenvalue weighted by Crippen LogP contribution is 2.38. The molecule has 3 aromatic rings. The van der Waals surface area contributed by atoms with E-state index in [9.17, 15) is 9.59 Å². The number of para-hydroxylation sites is 1. The molecule has 1 atom stereocenters. The fourth-order valence-corrected chi connectivity index (χ4v) is 4.21. The number of amides is 1. The van der Waals surface area contributed by atoms with E-state index in [2.05, 4.69) is 5.32 Å². The number of benzene rings is 1. The van der Waals surface area contributed by atoms with Gasteiger partial charge in [-0.05, 0) is 37.4 Å². The van der Waals surface area contributed by atoms with E-state index in [1.165, 1.54) is 22.7 Å². The van der Waals surface area contributed by atoms with Gasteiger partial charge in [0.2, 0.25) is 0 Å². The van der Waals surface area contributed by atoms with Gasteiger partial charge in [-0.1, -0.05) is 24.3 Å². The number of carbonyl (C=O) groups is 2. The predicted molar refractivity (Wildman–Crippen MR) is 109 cm³/mol. The van der Waals surface area contributed by atoms with Crippen LogP contribution in [0.5, 0.6) is 5.75 Å². The van der Waals surface area contributed by atoms with E-state index < -0.39 is 12.1 Å². The molecule has 0 spiro atoms. The van der Waals surface area contributed by atoms with Crippen molar-refractivity contribution in [1.29, 1.82) is 0 Å². The Morgan fingerprint density at radius 3 is 2.56 bits per heavy atom. The molecule has 0 aliphatic carbocycles. The molecule has 0 aliphatic heterocycles. The maximum atomic E-state index is 12.6. The van der Waals surface area contributed by atoms with Gasteiger partial charge in [-0.25, -0.2) is 4.79 Å². The Hall–Kier alpha value is -2.64. The topological polar surface area (TPSA) is 64.6 Å². The van der Waals surface area contributed by atoms with Crippen LogP contribution in [-0.2, 0) is 9.53 Å². The predicted octanol–water partition coefficient (Wildman–Crippen LogP) is 5.06. The molecule has 2 heterocycles. The van der Waals surface area contributed by atoms with Gasteiger partial charge in [0.25, 0.3) is 5.91 Å². The van der Waals surface area contributed by atoms with Crippen LogP contribution in [0.4, 0.5) is 5.00 Å². The summed E-state index contributed by atoms with van der Waals surface area (Å²) < 4.78 is 10.8. The zero-order valence-electron chi connectivity index (χ0n) is 14.9. The summed E-state index contributed by atoms with van der Waals surface area (Å²) in [4.78, 5) is 26.0. The number of thiophene rings is 2. The molecular weight excluding hydrogens is 382 g/mol. The molecule has 5 nitrogen and oxygen atoms in total. The first kappa shape index (κ1) is 19.1. The molecule has 7 heteroatoms. The van der Waals surface area contributed by atoms with Crippen LogP contribution >= 0.6 is 22.7 Å². The van der Waals surface area contributed by atoms with Crippen LogP contribution in [0.25, 0.3) is 10.4 Å². The van der Waals surface area contributed by atoms with Crippen molar-refractivity contribution in [2.24, 2.45) is 0 Å². The molecule has 1 amide bonds. The van der Waals surface area contributed by atoms with E-state index in [0.717, 1.165) is 10.4 Å². The van der Waals surface area contributed by atoms with Crippen molar-refractivity contribution in [2.75, 3.05) is 11.9 Å². The molecule has 27 heavy (non-hydrogen) atoms. The van der Waals surface area contributed by atoms with Crippen molar-refractivity contribution in [1.82, 2.24) is 0 Å². The minimum Gasteiger partial charge on any atom is -0.481 e. The number of rotatable bonds is 7. The molecule has 140 valence electrons. The quantitative estimate of drug-likeness (QED) is 0.562. The largest absolute Gasteiger partial charge is 0.481 e. The van der Waals surface area contributed by atoms with Gasteiger partial charge in [-0.2, -0.15) is 0 Å². The molecule has 2 aromatic heterocycles. The standard InChI is InChI=1S/C20H19NO4S2/c1-3-24-20(23)17-15(16-10-7-11-26-16)12-27-19(17)21-18(22)13(2)25-14-8-5-4-6-9-14/h4-13H,3H2,1-2H3,(H,21,22). The maximum Gasteiger partial charge on any atom is 0.341 e. The van der Waals surface area contributed by atoms with Crippen LogP contribution in [-0.4, -0.2) is 24.6 Å². The Kier molecular flexibility index (Phi) is 6.26. The lowest BCUT2D eigenvalue weighted by Crippen LogP contribution is -2.30. The van der Waals surface area contributed by atoms with Gasteiger partial charge in [0.1, 0.15) is 16.3 Å². The van der Waals surface area contributed by atoms with E-state index in [-0.39, 0.29) is 12.5 Å². The minimum absolute atomic E-state index is 0.263. The van der Waals surface area contributed by atoms with Crippen molar-refractivity contribution in [3.63, 3.8) is 0 Å². The molecule has 3 rings (SSSR count). The van der Waals surface area contributed by atoms with Crippen LogP contribution in [0.2, 0.25) is 0 Å². The summed E-state index contributed by atoms with van der Waals surface area (Å²) in [6.07, 6.45) is -0.713. The first-order valence-electron chi connectivity index (χ1n) is 8.45. The van der Waals surface area contributed by atoms with Crippen molar-refractivity contribution in [3.8, 4) is 16.2 Å². The Balaban J connectivity index is 1.81. The average Bonchev–Trinajstić information content (AvgIpc) is 3.32. The van der Waals surface area contributed by atoms with Crippen molar-refractivity contribution in [3.05, 3.63) is 58.8 Å². The molecule has 1 aromatic carbocycles. The summed E-state index contributed by atoms with van der Waals surface area (Å²) in [5.41, 5.74) is 1.14. The van der Waals surface area contributed by atoms with Gasteiger partial charge < -0.3 is 14.8 Å². The number of nitrogens with one attached hydrogen (secondary N) is 1. The number of anilines is 1. The molecule has 0 saturated heterocycles. The minimum atomic E-state index is -0.713. The summed E-state index contributed by atoms with van der Waals surface area (Å²) in [5, 5.41) is 7.07. The lowest BCUT2D eigenvalue weighted by Gasteiger charge is -2.15. The number of hydrogen-bond acceptors (Lipinski definition) is 6. The molecule has 0 bridgehead atoms. The number of hydrogen-bond donors (Lipinski definition) is 1. The molecular formula is C20H19NO4S2. The van der Waals surface area contributed by atoms with E-state index in [0.29, 0.717) is 16.3 Å². The lowest BCUT2D eigenvalue weighted by atomic mass is 10.1. The lowest BCUT2D eigenvalue weighted by molar-refractivity contribution is -0.122. The zero-order chi connectivity index (χ0) is 19.2. The Morgan fingerprint density at radius 2 is 1.89 bits per heavy atom. The SMILES string of the molecule is CCOC(=O)c1c(-c2cccs2)csc1NC(=O)C(C)Oc1ccccc1. The van der Waals surface area contributed by atoms with E-state index in [1.807, 2.05) is 41.1 Å². The molecule has 1 N–H and O–H groups in total. The van der Waals surface area contributed by atoms with Crippen molar-refractivity contribution < 1.29 is 19.1 Å². The average molecular weight is 402 g/mol. The van der Waals surface area contributed by atoms with Crippen LogP contribution in [0.1, 0.15) is 24.2 Å². The number of carbonyl (C=O) groups excluding carboxylic acids is 2.